The molecule has 1 aliphatic rings. The number of hydrogen-bond donors (Lipinski definition) is 0. The molecule has 0 saturated heterocycles. The van der Waals surface area contributed by atoms with Crippen molar-refractivity contribution in [1.82, 2.24) is 4.98 Å². The van der Waals surface area contributed by atoms with Gasteiger partial charge in [0.15, 0.2) is 0 Å². The van der Waals surface area contributed by atoms with Crippen LogP contribution in [0.4, 0.5) is 0 Å². The van der Waals surface area contributed by atoms with E-state index in [2.05, 4.69) is 4.98 Å². The lowest BCUT2D eigenvalue weighted by Gasteiger charge is -2.20. The Morgan fingerprint density at radius 2 is 2.00 bits per heavy atom. The van der Waals surface area contributed by atoms with Crippen LogP contribution in [0, 0.1) is 19.8 Å². The second kappa shape index (κ2) is 6.12. The van der Waals surface area contributed by atoms with Gasteiger partial charge in [-0.25, -0.2) is 0 Å². The molecule has 2 rings (SSSR count). The quantitative estimate of drug-likeness (QED) is 0.808. The SMILES string of the molecule is Cc1cc(CC(=O)CC2CCCCC2)c(C)cn1. The molecule has 0 aliphatic heterocycles. The van der Waals surface area contributed by atoms with Crippen LogP contribution in [0.15, 0.2) is 12.3 Å². The van der Waals surface area contributed by atoms with E-state index in [0.29, 0.717) is 18.1 Å². The van der Waals surface area contributed by atoms with Crippen molar-refractivity contribution in [3.8, 4) is 0 Å². The number of pyridine rings is 1. The molecule has 18 heavy (non-hydrogen) atoms. The van der Waals surface area contributed by atoms with Crippen LogP contribution in [0.1, 0.15) is 55.3 Å². The molecule has 0 spiro atoms. The minimum Gasteiger partial charge on any atom is -0.299 e. The van der Waals surface area contributed by atoms with E-state index in [4.69, 9.17) is 0 Å². The summed E-state index contributed by atoms with van der Waals surface area (Å²) in [6.45, 7) is 4.02. The molecular formula is C16H23NO. The summed E-state index contributed by atoms with van der Waals surface area (Å²) in [7, 11) is 0. The number of ketones is 1. The Kier molecular flexibility index (Phi) is 4.51. The van der Waals surface area contributed by atoms with E-state index >= 15 is 0 Å². The van der Waals surface area contributed by atoms with Crippen LogP contribution >= 0.6 is 0 Å². The van der Waals surface area contributed by atoms with Gasteiger partial charge >= 0.3 is 0 Å². The van der Waals surface area contributed by atoms with E-state index in [1.807, 2.05) is 26.1 Å². The molecule has 1 fully saturated rings. The smallest absolute Gasteiger partial charge is 0.137 e. The van der Waals surface area contributed by atoms with Crippen LogP contribution in [0.25, 0.3) is 0 Å². The Labute approximate surface area is 110 Å². The third-order valence-electron chi connectivity index (χ3n) is 3.98. The molecule has 1 aromatic heterocycles. The Bertz CT molecular complexity index is 419. The maximum Gasteiger partial charge on any atom is 0.137 e. The minimum absolute atomic E-state index is 0.399. The van der Waals surface area contributed by atoms with Crippen molar-refractivity contribution in [2.75, 3.05) is 0 Å². The van der Waals surface area contributed by atoms with E-state index in [-0.39, 0.29) is 0 Å². The number of aromatic nitrogens is 1. The van der Waals surface area contributed by atoms with Gasteiger partial charge in [-0.3, -0.25) is 9.78 Å². The first-order valence-electron chi connectivity index (χ1n) is 7.09. The van der Waals surface area contributed by atoms with Gasteiger partial charge in [-0.15, -0.1) is 0 Å². The first-order chi connectivity index (χ1) is 8.65. The van der Waals surface area contributed by atoms with Gasteiger partial charge in [0.1, 0.15) is 5.78 Å². The number of hydrogen-bond acceptors (Lipinski definition) is 2. The van der Waals surface area contributed by atoms with Crippen LogP contribution in [0.3, 0.4) is 0 Å². The number of Topliss-reactive ketones (excluding diaryl/α,β-unsaturated/α-hetero) is 1. The highest BCUT2D eigenvalue weighted by Gasteiger charge is 2.17. The molecule has 1 aromatic rings. The van der Waals surface area contributed by atoms with E-state index in [9.17, 15) is 4.79 Å². The highest BCUT2D eigenvalue weighted by atomic mass is 16.1. The lowest BCUT2D eigenvalue weighted by Crippen LogP contribution is -2.14. The first kappa shape index (κ1) is 13.3. The van der Waals surface area contributed by atoms with Crippen molar-refractivity contribution in [1.29, 1.82) is 0 Å². The molecule has 0 bridgehead atoms. The Balaban J connectivity index is 1.92. The molecule has 0 unspecified atom stereocenters. The van der Waals surface area contributed by atoms with E-state index in [0.717, 1.165) is 23.2 Å². The number of carbonyl (C=O) groups excluding carboxylic acids is 1. The zero-order valence-electron chi connectivity index (χ0n) is 11.5. The topological polar surface area (TPSA) is 30.0 Å². The van der Waals surface area contributed by atoms with Crippen LogP contribution in [0.5, 0.6) is 0 Å². The van der Waals surface area contributed by atoms with E-state index in [1.165, 1.54) is 32.1 Å². The molecular weight excluding hydrogens is 222 g/mol. The fraction of sp³-hybridized carbons (Fsp3) is 0.625. The second-order valence-corrected chi connectivity index (χ2v) is 5.68. The lowest BCUT2D eigenvalue weighted by molar-refractivity contribution is -0.119. The molecule has 0 amide bonds. The molecule has 2 heteroatoms. The second-order valence-electron chi connectivity index (χ2n) is 5.68. The van der Waals surface area contributed by atoms with Crippen LogP contribution < -0.4 is 0 Å². The molecule has 0 radical (unpaired) electrons. The van der Waals surface area contributed by atoms with Gasteiger partial charge in [0.05, 0.1) is 0 Å². The molecule has 1 aliphatic carbocycles. The highest BCUT2D eigenvalue weighted by molar-refractivity contribution is 5.81. The van der Waals surface area contributed by atoms with Crippen molar-refractivity contribution in [3.63, 3.8) is 0 Å². The van der Waals surface area contributed by atoms with Crippen molar-refractivity contribution in [3.05, 3.63) is 29.1 Å². The number of aryl methyl sites for hydroxylation is 2. The highest BCUT2D eigenvalue weighted by Crippen LogP contribution is 2.27. The molecule has 1 saturated carbocycles. The lowest BCUT2D eigenvalue weighted by atomic mass is 9.85. The van der Waals surface area contributed by atoms with Crippen LogP contribution in [-0.4, -0.2) is 10.8 Å². The summed E-state index contributed by atoms with van der Waals surface area (Å²) in [5, 5.41) is 0. The number of rotatable bonds is 4. The van der Waals surface area contributed by atoms with Gasteiger partial charge in [0.25, 0.3) is 0 Å². The van der Waals surface area contributed by atoms with Crippen molar-refractivity contribution in [2.45, 2.75) is 58.8 Å². The van der Waals surface area contributed by atoms with Gasteiger partial charge in [-0.05, 0) is 37.0 Å². The predicted octanol–water partition coefficient (Wildman–Crippen LogP) is 3.78. The average Bonchev–Trinajstić information content (AvgIpc) is 2.35. The minimum atomic E-state index is 0.399. The summed E-state index contributed by atoms with van der Waals surface area (Å²) in [6, 6.07) is 2.05. The zero-order chi connectivity index (χ0) is 13.0. The standard InChI is InChI=1S/C16H23NO/c1-12-11-17-13(2)8-15(12)10-16(18)9-14-6-4-3-5-7-14/h8,11,14H,3-7,9-10H2,1-2H3. The van der Waals surface area contributed by atoms with E-state index < -0.39 is 0 Å². The van der Waals surface area contributed by atoms with Crippen molar-refractivity contribution in [2.24, 2.45) is 5.92 Å². The van der Waals surface area contributed by atoms with Crippen molar-refractivity contribution >= 4 is 5.78 Å². The van der Waals surface area contributed by atoms with E-state index in [1.54, 1.807) is 0 Å². The molecule has 0 N–H and O–H groups in total. The fourth-order valence-corrected chi connectivity index (χ4v) is 2.87. The zero-order valence-corrected chi connectivity index (χ0v) is 11.5. The maximum atomic E-state index is 12.1. The van der Waals surface area contributed by atoms with Gasteiger partial charge in [-0.2, -0.15) is 0 Å². The molecule has 0 atom stereocenters. The molecule has 2 nitrogen and oxygen atoms in total. The Hall–Kier alpha value is -1.18. The van der Waals surface area contributed by atoms with Gasteiger partial charge in [-0.1, -0.05) is 32.1 Å². The summed E-state index contributed by atoms with van der Waals surface area (Å²) < 4.78 is 0. The average molecular weight is 245 g/mol. The summed E-state index contributed by atoms with van der Waals surface area (Å²) in [5.41, 5.74) is 3.29. The third-order valence-corrected chi connectivity index (χ3v) is 3.98. The fourth-order valence-electron chi connectivity index (χ4n) is 2.87. The number of nitrogens with zero attached hydrogens (tertiary/aromatic N) is 1. The maximum absolute atomic E-state index is 12.1. The monoisotopic (exact) mass is 245 g/mol. The summed E-state index contributed by atoms with van der Waals surface area (Å²) in [5.74, 6) is 1.05. The third kappa shape index (κ3) is 3.66. The summed E-state index contributed by atoms with van der Waals surface area (Å²) >= 11 is 0. The van der Waals surface area contributed by atoms with Crippen LogP contribution in [0.2, 0.25) is 0 Å². The van der Waals surface area contributed by atoms with Crippen LogP contribution in [-0.2, 0) is 11.2 Å². The molecule has 1 heterocycles. The summed E-state index contributed by atoms with van der Waals surface area (Å²) in [6.07, 6.45) is 9.72. The first-order valence-corrected chi connectivity index (χ1v) is 7.09. The van der Waals surface area contributed by atoms with Crippen molar-refractivity contribution < 1.29 is 4.79 Å². The molecule has 98 valence electrons. The Morgan fingerprint density at radius 3 is 2.72 bits per heavy atom. The largest absolute Gasteiger partial charge is 0.299 e. The number of carbonyl (C=O) groups is 1. The van der Waals surface area contributed by atoms with Gasteiger partial charge in [0, 0.05) is 24.7 Å². The normalized spacial score (nSPS) is 16.8. The molecule has 0 aromatic carbocycles. The summed E-state index contributed by atoms with van der Waals surface area (Å²) in [4.78, 5) is 16.4. The van der Waals surface area contributed by atoms with Gasteiger partial charge < -0.3 is 0 Å². The predicted molar refractivity (Wildman–Crippen MR) is 73.6 cm³/mol. The Morgan fingerprint density at radius 1 is 1.28 bits per heavy atom. The van der Waals surface area contributed by atoms with Gasteiger partial charge in [0.2, 0.25) is 0 Å².